The Morgan fingerprint density at radius 1 is 1.20 bits per heavy atom. The summed E-state index contributed by atoms with van der Waals surface area (Å²) < 4.78 is 25.4. The molecule has 1 aromatic heterocycles. The molecule has 0 spiro atoms. The van der Waals surface area contributed by atoms with Gasteiger partial charge in [-0.15, -0.1) is 0 Å². The summed E-state index contributed by atoms with van der Waals surface area (Å²) in [5.74, 6) is -0.0719. The molecule has 134 valence electrons. The van der Waals surface area contributed by atoms with Crippen LogP contribution < -0.4 is 0 Å². The van der Waals surface area contributed by atoms with Crippen LogP contribution in [-0.2, 0) is 0 Å². The number of halogens is 2. The summed E-state index contributed by atoms with van der Waals surface area (Å²) in [5, 5.41) is 0. The number of piperazine rings is 1. The Balaban J connectivity index is 1.69. The Morgan fingerprint density at radius 2 is 1.96 bits per heavy atom. The molecule has 1 aliphatic rings. The van der Waals surface area contributed by atoms with Gasteiger partial charge in [0.25, 0.3) is 12.3 Å². The first-order chi connectivity index (χ1) is 12.1. The predicted octanol–water partition coefficient (Wildman–Crippen LogP) is 3.48. The number of amides is 1. The minimum absolute atomic E-state index is 0.0183. The van der Waals surface area contributed by atoms with Crippen LogP contribution in [-0.4, -0.2) is 59.3 Å². The lowest BCUT2D eigenvalue weighted by Gasteiger charge is -2.40. The van der Waals surface area contributed by atoms with Crippen LogP contribution in [0.5, 0.6) is 0 Å². The molecule has 1 aliphatic heterocycles. The van der Waals surface area contributed by atoms with Gasteiger partial charge in [-0.25, -0.2) is 8.78 Å². The lowest BCUT2D eigenvalue weighted by molar-refractivity contribution is 0.0184. The highest BCUT2D eigenvalue weighted by Gasteiger charge is 2.30. The second kappa shape index (κ2) is 7.78. The Labute approximate surface area is 146 Å². The Kier molecular flexibility index (Phi) is 5.48. The second-order valence-corrected chi connectivity index (χ2v) is 6.35. The number of nitrogens with zero attached hydrogens (tertiary/aromatic N) is 2. The number of H-pyrrole nitrogens is 1. The van der Waals surface area contributed by atoms with Gasteiger partial charge in [-0.1, -0.05) is 37.3 Å². The average Bonchev–Trinajstić information content (AvgIpc) is 3.12. The van der Waals surface area contributed by atoms with Crippen molar-refractivity contribution in [2.75, 3.05) is 26.2 Å². The molecule has 1 amide bonds. The average molecular weight is 347 g/mol. The molecule has 1 N–H and O–H groups in total. The number of nitrogens with one attached hydrogen (secondary N) is 1. The van der Waals surface area contributed by atoms with Crippen molar-refractivity contribution in [3.63, 3.8) is 0 Å². The molecular weight excluding hydrogens is 324 g/mol. The highest BCUT2D eigenvalue weighted by Crippen LogP contribution is 2.20. The van der Waals surface area contributed by atoms with Gasteiger partial charge in [0.1, 0.15) is 5.69 Å². The third-order valence-corrected chi connectivity index (χ3v) is 4.74. The number of aromatic amines is 1. The van der Waals surface area contributed by atoms with Crippen molar-refractivity contribution in [3.8, 4) is 11.3 Å². The topological polar surface area (TPSA) is 39.3 Å². The third kappa shape index (κ3) is 4.07. The van der Waals surface area contributed by atoms with Crippen LogP contribution >= 0.6 is 0 Å². The summed E-state index contributed by atoms with van der Waals surface area (Å²) in [5.41, 5.74) is 2.46. The highest BCUT2D eigenvalue weighted by atomic mass is 19.3. The van der Waals surface area contributed by atoms with Crippen molar-refractivity contribution in [1.29, 1.82) is 0 Å². The maximum absolute atomic E-state index is 12.8. The Morgan fingerprint density at radius 3 is 2.64 bits per heavy atom. The minimum atomic E-state index is -2.34. The fraction of sp³-hybridized carbons (Fsp3) is 0.421. The molecule has 3 rings (SSSR count). The number of carbonyl (C=O) groups excluding carboxylic acids is 1. The van der Waals surface area contributed by atoms with E-state index in [9.17, 15) is 13.6 Å². The number of rotatable bonds is 5. The quantitative estimate of drug-likeness (QED) is 0.899. The van der Waals surface area contributed by atoms with E-state index >= 15 is 0 Å². The first kappa shape index (κ1) is 17.6. The number of alkyl halides is 2. The van der Waals surface area contributed by atoms with Gasteiger partial charge in [-0.2, -0.15) is 0 Å². The molecule has 25 heavy (non-hydrogen) atoms. The molecule has 0 saturated carbocycles. The van der Waals surface area contributed by atoms with Crippen molar-refractivity contribution in [3.05, 3.63) is 48.2 Å². The summed E-state index contributed by atoms with van der Waals surface area (Å²) in [6.45, 7) is 3.20. The Bertz CT molecular complexity index is 702. The fourth-order valence-electron chi connectivity index (χ4n) is 3.36. The van der Waals surface area contributed by atoms with Gasteiger partial charge in [0.2, 0.25) is 0 Å². The Hall–Kier alpha value is -2.21. The second-order valence-electron chi connectivity index (χ2n) is 6.35. The van der Waals surface area contributed by atoms with Crippen LogP contribution in [0.3, 0.4) is 0 Å². The first-order valence-corrected chi connectivity index (χ1v) is 8.64. The lowest BCUT2D eigenvalue weighted by Crippen LogP contribution is -2.55. The lowest BCUT2D eigenvalue weighted by atomic mass is 10.1. The van der Waals surface area contributed by atoms with Gasteiger partial charge in [0.15, 0.2) is 0 Å². The molecule has 0 unspecified atom stereocenters. The monoisotopic (exact) mass is 347 g/mol. The van der Waals surface area contributed by atoms with Gasteiger partial charge < -0.3 is 9.88 Å². The highest BCUT2D eigenvalue weighted by molar-refractivity contribution is 5.93. The smallest absolute Gasteiger partial charge is 0.270 e. The first-order valence-electron chi connectivity index (χ1n) is 8.64. The van der Waals surface area contributed by atoms with E-state index in [1.54, 1.807) is 15.9 Å². The van der Waals surface area contributed by atoms with Crippen molar-refractivity contribution < 1.29 is 13.6 Å². The number of carbonyl (C=O) groups is 1. The van der Waals surface area contributed by atoms with Crippen LogP contribution in [0.1, 0.15) is 23.8 Å². The van der Waals surface area contributed by atoms with E-state index in [-0.39, 0.29) is 18.5 Å². The van der Waals surface area contributed by atoms with Gasteiger partial charge >= 0.3 is 0 Å². The number of hydrogen-bond acceptors (Lipinski definition) is 2. The zero-order valence-corrected chi connectivity index (χ0v) is 14.3. The number of hydrogen-bond donors (Lipinski definition) is 1. The molecule has 6 heteroatoms. The molecule has 0 bridgehead atoms. The molecule has 1 saturated heterocycles. The molecule has 2 heterocycles. The van der Waals surface area contributed by atoms with Crippen LogP contribution in [0.25, 0.3) is 11.3 Å². The van der Waals surface area contributed by atoms with E-state index in [4.69, 9.17) is 0 Å². The van der Waals surface area contributed by atoms with Crippen molar-refractivity contribution >= 4 is 5.91 Å². The van der Waals surface area contributed by atoms with Crippen molar-refractivity contribution in [2.24, 2.45) is 0 Å². The summed E-state index contributed by atoms with van der Waals surface area (Å²) in [4.78, 5) is 19.5. The summed E-state index contributed by atoms with van der Waals surface area (Å²) in [7, 11) is 0. The summed E-state index contributed by atoms with van der Waals surface area (Å²) >= 11 is 0. The van der Waals surface area contributed by atoms with Gasteiger partial charge in [-0.3, -0.25) is 9.69 Å². The van der Waals surface area contributed by atoms with E-state index < -0.39 is 6.43 Å². The maximum atomic E-state index is 12.8. The van der Waals surface area contributed by atoms with Gasteiger partial charge in [-0.05, 0) is 24.1 Å². The van der Waals surface area contributed by atoms with E-state index in [1.807, 2.05) is 43.3 Å². The zero-order chi connectivity index (χ0) is 17.8. The molecular formula is C19H23F2N3O. The fourth-order valence-corrected chi connectivity index (χ4v) is 3.36. The number of benzene rings is 1. The maximum Gasteiger partial charge on any atom is 0.270 e. The van der Waals surface area contributed by atoms with Crippen LogP contribution in [0, 0.1) is 0 Å². The van der Waals surface area contributed by atoms with Crippen molar-refractivity contribution in [2.45, 2.75) is 25.8 Å². The normalized spacial score (nSPS) is 18.7. The molecule has 2 aromatic rings. The standard InChI is InChI=1S/C19H23F2N3O/c1-2-15-12-24(11-10-23(15)13-18(20)21)19(25)17-9-8-16(22-17)14-6-4-3-5-7-14/h3-9,15,18,22H,2,10-13H2,1H3/t15-/m0/s1. The van der Waals surface area contributed by atoms with E-state index in [0.717, 1.165) is 17.7 Å². The largest absolute Gasteiger partial charge is 0.351 e. The third-order valence-electron chi connectivity index (χ3n) is 4.74. The molecule has 4 nitrogen and oxygen atoms in total. The zero-order valence-electron chi connectivity index (χ0n) is 14.3. The molecule has 1 atom stereocenters. The van der Waals surface area contributed by atoms with E-state index in [0.29, 0.717) is 25.3 Å². The van der Waals surface area contributed by atoms with E-state index in [1.165, 1.54) is 0 Å². The van der Waals surface area contributed by atoms with E-state index in [2.05, 4.69) is 4.98 Å². The van der Waals surface area contributed by atoms with Crippen LogP contribution in [0.4, 0.5) is 8.78 Å². The minimum Gasteiger partial charge on any atom is -0.351 e. The number of aromatic nitrogens is 1. The van der Waals surface area contributed by atoms with Crippen molar-refractivity contribution in [1.82, 2.24) is 14.8 Å². The van der Waals surface area contributed by atoms with Crippen LogP contribution in [0.2, 0.25) is 0 Å². The van der Waals surface area contributed by atoms with Gasteiger partial charge in [0.05, 0.1) is 6.54 Å². The SMILES string of the molecule is CC[C@H]1CN(C(=O)c2ccc(-c3ccccc3)[nH]2)CCN1CC(F)F. The summed E-state index contributed by atoms with van der Waals surface area (Å²) in [6, 6.07) is 13.5. The molecule has 0 aliphatic carbocycles. The molecule has 0 radical (unpaired) electrons. The summed E-state index contributed by atoms with van der Waals surface area (Å²) in [6.07, 6.45) is -1.59. The predicted molar refractivity (Wildman–Crippen MR) is 93.8 cm³/mol. The molecule has 1 fully saturated rings. The molecule has 1 aromatic carbocycles. The van der Waals surface area contributed by atoms with Crippen LogP contribution in [0.15, 0.2) is 42.5 Å². The van der Waals surface area contributed by atoms with Gasteiger partial charge in [0, 0.05) is 31.4 Å².